The van der Waals surface area contributed by atoms with Crippen LogP contribution in [-0.2, 0) is 19.1 Å². The second-order valence-electron chi connectivity index (χ2n) is 5.46. The SMILES string of the molecule is CCOC(=O)/C=C1\SCC(=O)N1CC(=O)NC(C)c1ccc(F)cc1F. The lowest BCUT2D eigenvalue weighted by atomic mass is 10.1. The van der Waals surface area contributed by atoms with E-state index in [1.807, 2.05) is 0 Å². The average Bonchev–Trinajstić information content (AvgIpc) is 2.87. The lowest BCUT2D eigenvalue weighted by Gasteiger charge is -2.19. The van der Waals surface area contributed by atoms with Gasteiger partial charge in [0.1, 0.15) is 18.2 Å². The van der Waals surface area contributed by atoms with Gasteiger partial charge >= 0.3 is 5.97 Å². The molecule has 1 saturated heterocycles. The molecule has 0 aliphatic carbocycles. The standard InChI is InChI=1S/C17H18F2N2O4S/c1-3-25-17(24)7-16-21(15(23)9-26-16)8-14(22)20-10(2)12-5-4-11(18)6-13(12)19/h4-7,10H,3,8-9H2,1-2H3,(H,20,22)/b16-7-. The number of hydrogen-bond acceptors (Lipinski definition) is 5. The molecule has 1 aliphatic rings. The second kappa shape index (κ2) is 8.79. The van der Waals surface area contributed by atoms with Gasteiger partial charge in [-0.1, -0.05) is 17.8 Å². The van der Waals surface area contributed by atoms with Crippen molar-refractivity contribution in [2.45, 2.75) is 19.9 Å². The number of benzene rings is 1. The molecule has 140 valence electrons. The fourth-order valence-electron chi connectivity index (χ4n) is 2.35. The third-order valence-corrected chi connectivity index (χ3v) is 4.57. The van der Waals surface area contributed by atoms with Gasteiger partial charge in [-0.3, -0.25) is 14.5 Å². The Balaban J connectivity index is 2.03. The number of ether oxygens (including phenoxy) is 1. The molecule has 0 radical (unpaired) electrons. The minimum absolute atomic E-state index is 0.112. The van der Waals surface area contributed by atoms with Gasteiger partial charge in [-0.25, -0.2) is 13.6 Å². The maximum Gasteiger partial charge on any atom is 0.333 e. The van der Waals surface area contributed by atoms with Crippen molar-refractivity contribution in [3.05, 3.63) is 46.5 Å². The zero-order valence-electron chi connectivity index (χ0n) is 14.3. The minimum atomic E-state index is -0.770. The molecule has 0 saturated carbocycles. The van der Waals surface area contributed by atoms with Crippen molar-refractivity contribution in [3.63, 3.8) is 0 Å². The molecule has 1 aliphatic heterocycles. The van der Waals surface area contributed by atoms with Gasteiger partial charge in [0.2, 0.25) is 11.8 Å². The lowest BCUT2D eigenvalue weighted by molar-refractivity contribution is -0.137. The van der Waals surface area contributed by atoms with E-state index < -0.39 is 29.6 Å². The zero-order valence-corrected chi connectivity index (χ0v) is 15.1. The van der Waals surface area contributed by atoms with Gasteiger partial charge in [0, 0.05) is 11.6 Å². The van der Waals surface area contributed by atoms with Crippen molar-refractivity contribution in [1.82, 2.24) is 10.2 Å². The smallest absolute Gasteiger partial charge is 0.333 e. The fourth-order valence-corrected chi connectivity index (χ4v) is 3.27. The molecule has 1 aromatic carbocycles. The third kappa shape index (κ3) is 5.04. The summed E-state index contributed by atoms with van der Waals surface area (Å²) in [5.74, 6) is -2.82. The second-order valence-corrected chi connectivity index (χ2v) is 6.45. The summed E-state index contributed by atoms with van der Waals surface area (Å²) in [5.41, 5.74) is 0.129. The summed E-state index contributed by atoms with van der Waals surface area (Å²) in [6.45, 7) is 3.08. The number of esters is 1. The van der Waals surface area contributed by atoms with Crippen LogP contribution in [0.15, 0.2) is 29.3 Å². The van der Waals surface area contributed by atoms with Gasteiger partial charge < -0.3 is 10.1 Å². The molecule has 0 bridgehead atoms. The molecule has 2 rings (SSSR count). The number of carbonyl (C=O) groups excluding carboxylic acids is 3. The molecule has 0 spiro atoms. The van der Waals surface area contributed by atoms with E-state index in [1.54, 1.807) is 13.8 Å². The van der Waals surface area contributed by atoms with Crippen molar-refractivity contribution in [2.24, 2.45) is 0 Å². The highest BCUT2D eigenvalue weighted by Gasteiger charge is 2.29. The average molecular weight is 384 g/mol. The van der Waals surface area contributed by atoms with Gasteiger partial charge in [0.25, 0.3) is 0 Å². The molecular weight excluding hydrogens is 366 g/mol. The zero-order chi connectivity index (χ0) is 19.3. The number of hydrogen-bond donors (Lipinski definition) is 1. The predicted molar refractivity (Wildman–Crippen MR) is 91.8 cm³/mol. The van der Waals surface area contributed by atoms with E-state index >= 15 is 0 Å². The maximum absolute atomic E-state index is 13.8. The van der Waals surface area contributed by atoms with E-state index in [0.29, 0.717) is 5.03 Å². The highest BCUT2D eigenvalue weighted by molar-refractivity contribution is 8.04. The van der Waals surface area contributed by atoms with Gasteiger partial charge in [-0.2, -0.15) is 0 Å². The van der Waals surface area contributed by atoms with Crippen LogP contribution >= 0.6 is 11.8 Å². The molecule has 26 heavy (non-hydrogen) atoms. The first kappa shape index (κ1) is 19.9. The van der Waals surface area contributed by atoms with E-state index in [4.69, 9.17) is 4.74 Å². The Morgan fingerprint density at radius 3 is 2.81 bits per heavy atom. The summed E-state index contributed by atoms with van der Waals surface area (Å²) in [6, 6.07) is 2.37. The molecule has 1 N–H and O–H groups in total. The number of halogens is 2. The van der Waals surface area contributed by atoms with Crippen LogP contribution in [0.25, 0.3) is 0 Å². The summed E-state index contributed by atoms with van der Waals surface area (Å²) in [5, 5.41) is 2.88. The number of thioether (sulfide) groups is 1. The van der Waals surface area contributed by atoms with Crippen LogP contribution in [0.1, 0.15) is 25.5 Å². The Kier molecular flexibility index (Phi) is 6.73. The fraction of sp³-hybridized carbons (Fsp3) is 0.353. The van der Waals surface area contributed by atoms with Crippen LogP contribution in [-0.4, -0.2) is 41.6 Å². The van der Waals surface area contributed by atoms with Crippen molar-refractivity contribution in [2.75, 3.05) is 18.9 Å². The first-order valence-corrected chi connectivity index (χ1v) is 8.86. The first-order valence-electron chi connectivity index (χ1n) is 7.87. The number of carbonyl (C=O) groups is 3. The van der Waals surface area contributed by atoms with Crippen LogP contribution in [0, 0.1) is 11.6 Å². The van der Waals surface area contributed by atoms with Crippen LogP contribution in [0.5, 0.6) is 0 Å². The van der Waals surface area contributed by atoms with Gasteiger partial charge in [0.15, 0.2) is 0 Å². The van der Waals surface area contributed by atoms with Crippen LogP contribution in [0.2, 0.25) is 0 Å². The van der Waals surface area contributed by atoms with Gasteiger partial charge in [-0.05, 0) is 19.9 Å². The first-order chi connectivity index (χ1) is 12.3. The molecule has 1 fully saturated rings. The molecule has 0 aromatic heterocycles. The molecule has 1 unspecified atom stereocenters. The largest absolute Gasteiger partial charge is 0.463 e. The monoisotopic (exact) mass is 384 g/mol. The summed E-state index contributed by atoms with van der Waals surface area (Å²) in [4.78, 5) is 36.9. The van der Waals surface area contributed by atoms with E-state index in [-0.39, 0.29) is 30.4 Å². The van der Waals surface area contributed by atoms with Crippen LogP contribution < -0.4 is 5.32 Å². The van der Waals surface area contributed by atoms with Crippen LogP contribution in [0.3, 0.4) is 0 Å². The normalized spacial score (nSPS) is 16.7. The van der Waals surface area contributed by atoms with E-state index in [9.17, 15) is 23.2 Å². The molecule has 1 aromatic rings. The molecule has 1 heterocycles. The number of nitrogens with zero attached hydrogens (tertiary/aromatic N) is 1. The summed E-state index contributed by atoms with van der Waals surface area (Å²) < 4.78 is 31.5. The van der Waals surface area contributed by atoms with E-state index in [0.717, 1.165) is 30.0 Å². The van der Waals surface area contributed by atoms with Gasteiger partial charge in [0.05, 0.1) is 29.5 Å². The summed E-state index contributed by atoms with van der Waals surface area (Å²) in [6.07, 6.45) is 1.16. The Morgan fingerprint density at radius 2 is 2.15 bits per heavy atom. The van der Waals surface area contributed by atoms with Crippen molar-refractivity contribution in [1.29, 1.82) is 0 Å². The third-order valence-electron chi connectivity index (χ3n) is 3.55. The molecular formula is C17H18F2N2O4S. The molecule has 6 nitrogen and oxygen atoms in total. The Labute approximate surface area is 153 Å². The van der Waals surface area contributed by atoms with Crippen molar-refractivity contribution >= 4 is 29.5 Å². The molecule has 1 atom stereocenters. The maximum atomic E-state index is 13.8. The van der Waals surface area contributed by atoms with Crippen LogP contribution in [0.4, 0.5) is 8.78 Å². The molecule has 2 amide bonds. The van der Waals surface area contributed by atoms with E-state index in [2.05, 4.69) is 5.32 Å². The lowest BCUT2D eigenvalue weighted by Crippen LogP contribution is -2.38. The quantitative estimate of drug-likeness (QED) is 0.601. The van der Waals surface area contributed by atoms with Crippen molar-refractivity contribution in [3.8, 4) is 0 Å². The van der Waals surface area contributed by atoms with Crippen molar-refractivity contribution < 1.29 is 27.9 Å². The molecule has 9 heteroatoms. The Morgan fingerprint density at radius 1 is 1.42 bits per heavy atom. The minimum Gasteiger partial charge on any atom is -0.463 e. The number of nitrogens with one attached hydrogen (secondary N) is 1. The summed E-state index contributed by atoms with van der Waals surface area (Å²) >= 11 is 1.13. The summed E-state index contributed by atoms with van der Waals surface area (Å²) in [7, 11) is 0. The highest BCUT2D eigenvalue weighted by atomic mass is 32.2. The number of rotatable bonds is 6. The highest BCUT2D eigenvalue weighted by Crippen LogP contribution is 2.28. The predicted octanol–water partition coefficient (Wildman–Crippen LogP) is 2.12. The number of amides is 2. The topological polar surface area (TPSA) is 75.7 Å². The van der Waals surface area contributed by atoms with Gasteiger partial charge in [-0.15, -0.1) is 0 Å². The van der Waals surface area contributed by atoms with E-state index in [1.165, 1.54) is 11.0 Å². The Hall–Kier alpha value is -2.42. The Bertz CT molecular complexity index is 754.